The van der Waals surface area contributed by atoms with Gasteiger partial charge in [-0.25, -0.2) is 0 Å². The molecule has 1 rings (SSSR count). The van der Waals surface area contributed by atoms with Crippen LogP contribution >= 0.6 is 0 Å². The summed E-state index contributed by atoms with van der Waals surface area (Å²) in [6.45, 7) is 22.2. The van der Waals surface area contributed by atoms with Crippen LogP contribution < -0.4 is 4.74 Å². The highest BCUT2D eigenvalue weighted by Crippen LogP contribution is 2.39. The van der Waals surface area contributed by atoms with Crippen LogP contribution in [0.15, 0.2) is 42.5 Å². The maximum Gasteiger partial charge on any atom is 0.305 e. The zero-order valence-corrected chi connectivity index (χ0v) is 19.7. The molecule has 0 amide bonds. The lowest BCUT2D eigenvalue weighted by atomic mass is 10.2. The molecule has 0 aliphatic heterocycles. The Kier molecular flexibility index (Phi) is 6.62. The van der Waals surface area contributed by atoms with Gasteiger partial charge in [0.05, 0.1) is 0 Å². The number of benzene rings is 1. The summed E-state index contributed by atoms with van der Waals surface area (Å²) >= 11 is 0. The summed E-state index contributed by atoms with van der Waals surface area (Å²) in [5.41, 5.74) is 0. The van der Waals surface area contributed by atoms with Gasteiger partial charge in [-0.2, -0.15) is 0 Å². The number of ether oxygens (including phenoxy) is 1. The van der Waals surface area contributed by atoms with Crippen LogP contribution in [0, 0.1) is 0 Å². The molecule has 3 nitrogen and oxygen atoms in total. The molecule has 0 radical (unpaired) electrons. The molecular formula is C20H36O3Si2. The third-order valence-corrected chi connectivity index (χ3v) is 14.0. The molecule has 1 aromatic rings. The van der Waals surface area contributed by atoms with Crippen molar-refractivity contribution in [1.82, 2.24) is 0 Å². The predicted molar refractivity (Wildman–Crippen MR) is 112 cm³/mol. The Morgan fingerprint density at radius 3 is 1.72 bits per heavy atom. The Bertz CT molecular complexity index is 579. The maximum atomic E-state index is 6.39. The summed E-state index contributed by atoms with van der Waals surface area (Å²) in [7, 11) is -3.95. The van der Waals surface area contributed by atoms with Gasteiger partial charge in [-0.05, 0) is 48.4 Å². The van der Waals surface area contributed by atoms with Crippen molar-refractivity contribution >= 4 is 16.6 Å². The van der Waals surface area contributed by atoms with Crippen LogP contribution in [-0.4, -0.2) is 16.6 Å². The second kappa shape index (κ2) is 7.58. The van der Waals surface area contributed by atoms with E-state index in [0.29, 0.717) is 5.95 Å². The summed E-state index contributed by atoms with van der Waals surface area (Å²) < 4.78 is 18.6. The second-order valence-electron chi connectivity index (χ2n) is 9.59. The minimum atomic E-state index is -2.02. The van der Waals surface area contributed by atoms with E-state index in [0.717, 1.165) is 5.75 Å². The van der Waals surface area contributed by atoms with Gasteiger partial charge in [0.25, 0.3) is 8.32 Å². The van der Waals surface area contributed by atoms with E-state index in [1.54, 1.807) is 6.26 Å². The van der Waals surface area contributed by atoms with Crippen molar-refractivity contribution < 1.29 is 13.6 Å². The number of hydrogen-bond donors (Lipinski definition) is 0. The fourth-order valence-corrected chi connectivity index (χ4v) is 3.09. The first kappa shape index (κ1) is 21.8. The lowest BCUT2D eigenvalue weighted by Crippen LogP contribution is -2.42. The van der Waals surface area contributed by atoms with Gasteiger partial charge in [0.1, 0.15) is 12.0 Å². The third-order valence-electron chi connectivity index (χ3n) is 5.38. The quantitative estimate of drug-likeness (QED) is 0.396. The van der Waals surface area contributed by atoms with E-state index in [4.69, 9.17) is 13.6 Å². The standard InChI is InChI=1S/C20H36O3Si2/c1-19(2,3)24(7,8)21-16-18(22-17-14-12-11-13-15-17)23-25(9,10)20(4,5)6/h11-16H,1-10H3/b18-16-. The van der Waals surface area contributed by atoms with Crippen molar-refractivity contribution in [3.8, 4) is 5.75 Å². The van der Waals surface area contributed by atoms with Crippen molar-refractivity contribution in [3.05, 3.63) is 42.5 Å². The molecular weight excluding hydrogens is 344 g/mol. The van der Waals surface area contributed by atoms with Gasteiger partial charge in [0.15, 0.2) is 0 Å². The van der Waals surface area contributed by atoms with Gasteiger partial charge in [-0.3, -0.25) is 0 Å². The van der Waals surface area contributed by atoms with E-state index in [-0.39, 0.29) is 10.1 Å². The zero-order valence-electron chi connectivity index (χ0n) is 17.7. The van der Waals surface area contributed by atoms with Gasteiger partial charge < -0.3 is 13.6 Å². The van der Waals surface area contributed by atoms with Crippen molar-refractivity contribution in [2.24, 2.45) is 0 Å². The van der Waals surface area contributed by atoms with Gasteiger partial charge in [-0.1, -0.05) is 59.7 Å². The Morgan fingerprint density at radius 2 is 1.28 bits per heavy atom. The number of para-hydroxylation sites is 1. The Labute approximate surface area is 156 Å². The molecule has 142 valence electrons. The minimum absolute atomic E-state index is 0.0864. The molecule has 0 aromatic heterocycles. The van der Waals surface area contributed by atoms with E-state index in [1.165, 1.54) is 0 Å². The summed E-state index contributed by atoms with van der Waals surface area (Å²) in [6, 6.07) is 9.73. The van der Waals surface area contributed by atoms with Gasteiger partial charge in [-0.15, -0.1) is 0 Å². The van der Waals surface area contributed by atoms with Crippen molar-refractivity contribution in [2.45, 2.75) is 77.8 Å². The lowest BCUT2D eigenvalue weighted by molar-refractivity contribution is 0.192. The van der Waals surface area contributed by atoms with E-state index in [1.807, 2.05) is 30.3 Å². The molecule has 0 N–H and O–H groups in total. The van der Waals surface area contributed by atoms with Crippen LogP contribution in [0.1, 0.15) is 41.5 Å². The van der Waals surface area contributed by atoms with Crippen LogP contribution in [0.2, 0.25) is 36.3 Å². The van der Waals surface area contributed by atoms with E-state index >= 15 is 0 Å². The molecule has 25 heavy (non-hydrogen) atoms. The van der Waals surface area contributed by atoms with Crippen molar-refractivity contribution in [2.75, 3.05) is 0 Å². The van der Waals surface area contributed by atoms with E-state index in [9.17, 15) is 0 Å². The zero-order chi connectivity index (χ0) is 19.5. The summed E-state index contributed by atoms with van der Waals surface area (Å²) in [4.78, 5) is 0. The summed E-state index contributed by atoms with van der Waals surface area (Å²) in [5, 5.41) is 0.210. The lowest BCUT2D eigenvalue weighted by Gasteiger charge is -2.38. The normalized spacial score (nSPS) is 14.2. The molecule has 0 atom stereocenters. The molecule has 0 fully saturated rings. The summed E-state index contributed by atoms with van der Waals surface area (Å²) in [5.74, 6) is 1.22. The first-order chi connectivity index (χ1) is 11.2. The van der Waals surface area contributed by atoms with Crippen molar-refractivity contribution in [3.63, 3.8) is 0 Å². The highest BCUT2D eigenvalue weighted by molar-refractivity contribution is 6.74. The molecule has 5 heteroatoms. The Morgan fingerprint density at radius 1 is 0.800 bits per heavy atom. The first-order valence-corrected chi connectivity index (χ1v) is 14.8. The fraction of sp³-hybridized carbons (Fsp3) is 0.600. The largest absolute Gasteiger partial charge is 0.544 e. The minimum Gasteiger partial charge on any atom is -0.544 e. The Hall–Kier alpha value is -1.21. The van der Waals surface area contributed by atoms with Crippen LogP contribution in [0.3, 0.4) is 0 Å². The highest BCUT2D eigenvalue weighted by atomic mass is 28.4. The summed E-state index contributed by atoms with van der Waals surface area (Å²) in [6.07, 6.45) is 1.70. The van der Waals surface area contributed by atoms with Crippen LogP contribution in [0.4, 0.5) is 0 Å². The fourth-order valence-electron chi connectivity index (χ4n) is 1.45. The topological polar surface area (TPSA) is 27.7 Å². The van der Waals surface area contributed by atoms with Crippen LogP contribution in [0.5, 0.6) is 5.75 Å². The molecule has 0 saturated carbocycles. The average Bonchev–Trinajstić information content (AvgIpc) is 2.43. The molecule has 0 heterocycles. The third kappa shape index (κ3) is 6.22. The van der Waals surface area contributed by atoms with Gasteiger partial charge in [0.2, 0.25) is 8.32 Å². The monoisotopic (exact) mass is 380 g/mol. The SMILES string of the molecule is CC(C)(C)[Si](C)(C)O/C=C(/Oc1ccccc1)O[Si](C)(C)C(C)(C)C. The predicted octanol–water partition coefficient (Wildman–Crippen LogP) is 6.91. The molecule has 0 unspecified atom stereocenters. The van der Waals surface area contributed by atoms with E-state index < -0.39 is 16.6 Å². The molecule has 0 bridgehead atoms. The Balaban J connectivity index is 3.09. The molecule has 0 aliphatic carbocycles. The maximum absolute atomic E-state index is 6.39. The van der Waals surface area contributed by atoms with Gasteiger partial charge >= 0.3 is 5.95 Å². The highest BCUT2D eigenvalue weighted by Gasteiger charge is 2.41. The first-order valence-electron chi connectivity index (χ1n) is 8.96. The van der Waals surface area contributed by atoms with E-state index in [2.05, 4.69) is 67.7 Å². The second-order valence-corrected chi connectivity index (χ2v) is 19.1. The van der Waals surface area contributed by atoms with Crippen LogP contribution in [-0.2, 0) is 8.85 Å². The number of hydrogen-bond acceptors (Lipinski definition) is 3. The number of rotatable bonds is 6. The van der Waals surface area contributed by atoms with Crippen LogP contribution in [0.25, 0.3) is 0 Å². The molecule has 0 saturated heterocycles. The van der Waals surface area contributed by atoms with Crippen molar-refractivity contribution in [1.29, 1.82) is 0 Å². The molecule has 0 aliphatic rings. The smallest absolute Gasteiger partial charge is 0.305 e. The van der Waals surface area contributed by atoms with Gasteiger partial charge in [0, 0.05) is 0 Å². The molecule has 1 aromatic carbocycles. The molecule has 0 spiro atoms. The average molecular weight is 381 g/mol.